The van der Waals surface area contributed by atoms with E-state index >= 15 is 0 Å². The Hall–Kier alpha value is -3.44. The third-order valence-corrected chi connectivity index (χ3v) is 7.11. The number of hydrogen-bond acceptors (Lipinski definition) is 8. The van der Waals surface area contributed by atoms with Gasteiger partial charge in [0, 0.05) is 41.3 Å². The van der Waals surface area contributed by atoms with E-state index in [1.165, 1.54) is 0 Å². The molecular formula is C29H29ClN2O7. The van der Waals surface area contributed by atoms with Gasteiger partial charge >= 0.3 is 0 Å². The molecule has 0 bridgehead atoms. The summed E-state index contributed by atoms with van der Waals surface area (Å²) in [4.78, 5) is 15.6. The van der Waals surface area contributed by atoms with Gasteiger partial charge in [0.05, 0.1) is 24.0 Å². The maximum Gasteiger partial charge on any atom is 0.229 e. The fraction of sp³-hybridized carbons (Fsp3) is 0.276. The molecule has 1 aromatic heterocycles. The Morgan fingerprint density at radius 2 is 1.72 bits per heavy atom. The topological polar surface area (TPSA) is 125 Å². The Morgan fingerprint density at radius 1 is 1.00 bits per heavy atom. The molecule has 9 nitrogen and oxygen atoms in total. The molecular weight excluding hydrogens is 524 g/mol. The Bertz CT molecular complexity index is 1490. The zero-order valence-electron chi connectivity index (χ0n) is 21.3. The highest BCUT2D eigenvalue weighted by Gasteiger charge is 2.45. The summed E-state index contributed by atoms with van der Waals surface area (Å²) in [5.74, 6) is 0.111. The van der Waals surface area contributed by atoms with Crippen molar-refractivity contribution in [3.8, 4) is 11.4 Å². The first-order valence-electron chi connectivity index (χ1n) is 12.4. The first-order valence-corrected chi connectivity index (χ1v) is 12.8. The van der Waals surface area contributed by atoms with E-state index in [0.29, 0.717) is 32.7 Å². The van der Waals surface area contributed by atoms with Gasteiger partial charge < -0.3 is 39.4 Å². The van der Waals surface area contributed by atoms with Crippen LogP contribution in [0, 0.1) is 0 Å². The largest absolute Gasteiger partial charge is 0.460 e. The van der Waals surface area contributed by atoms with E-state index in [1.54, 1.807) is 59.3 Å². The Balaban J connectivity index is 1.56. The lowest BCUT2D eigenvalue weighted by Gasteiger charge is -2.39. The molecule has 2 heterocycles. The molecule has 1 fully saturated rings. The predicted octanol–water partition coefficient (Wildman–Crippen LogP) is 2.76. The fourth-order valence-electron chi connectivity index (χ4n) is 4.69. The Labute approximate surface area is 230 Å². The number of para-hydroxylation sites is 1. The summed E-state index contributed by atoms with van der Waals surface area (Å²) in [5, 5.41) is 41.4. The number of ether oxygens (including phenoxy) is 2. The van der Waals surface area contributed by atoms with Crippen LogP contribution in [-0.2, 0) is 4.74 Å². The average molecular weight is 553 g/mol. The molecule has 1 saturated heterocycles. The number of nitrogens with zero attached hydrogens (tertiary/aromatic N) is 2. The third kappa shape index (κ3) is 5.12. The number of carbonyl (C=O) groups is 1. The summed E-state index contributed by atoms with van der Waals surface area (Å²) >= 11 is 6.34. The van der Waals surface area contributed by atoms with Crippen LogP contribution >= 0.6 is 11.6 Å². The lowest BCUT2D eigenvalue weighted by Crippen LogP contribution is -2.60. The summed E-state index contributed by atoms with van der Waals surface area (Å²) in [7, 11) is 3.86. The zero-order chi connectivity index (χ0) is 27.8. The van der Waals surface area contributed by atoms with Gasteiger partial charge in [-0.1, -0.05) is 23.7 Å². The molecule has 39 heavy (non-hydrogen) atoms. The minimum atomic E-state index is -1.58. The fourth-order valence-corrected chi connectivity index (χ4v) is 4.86. The first kappa shape index (κ1) is 27.1. The van der Waals surface area contributed by atoms with E-state index < -0.39 is 37.3 Å². The smallest absolute Gasteiger partial charge is 0.229 e. The normalized spacial score (nSPS) is 23.1. The second-order valence-electron chi connectivity index (χ2n) is 9.63. The number of ketones is 1. The van der Waals surface area contributed by atoms with Crippen LogP contribution in [0.5, 0.6) is 5.75 Å². The number of hydrogen-bond donors (Lipinski definition) is 4. The number of aromatic nitrogens is 1. The SMILES string of the molecule is CN(C)c1ccc(C(=O)c2ccccc2-n2cc(O[C@@H]3O[C@H](CO)[C@@H](O)[C@H](O)[C@H]3O)c3ccc(Cl)cc32)cc1. The monoisotopic (exact) mass is 552 g/mol. The molecule has 204 valence electrons. The second-order valence-corrected chi connectivity index (χ2v) is 10.1. The van der Waals surface area contributed by atoms with Crippen molar-refractivity contribution in [3.05, 3.63) is 89.1 Å². The van der Waals surface area contributed by atoms with E-state index in [0.717, 1.165) is 5.69 Å². The number of halogens is 1. The molecule has 3 aromatic carbocycles. The minimum absolute atomic E-state index is 0.170. The van der Waals surface area contributed by atoms with E-state index in [2.05, 4.69) is 0 Å². The van der Waals surface area contributed by atoms with Crippen LogP contribution < -0.4 is 9.64 Å². The molecule has 0 radical (unpaired) electrons. The van der Waals surface area contributed by atoms with E-state index in [9.17, 15) is 25.2 Å². The zero-order valence-corrected chi connectivity index (χ0v) is 22.1. The Morgan fingerprint density at radius 3 is 2.41 bits per heavy atom. The Kier molecular flexibility index (Phi) is 7.64. The van der Waals surface area contributed by atoms with E-state index in [-0.39, 0.29) is 11.5 Å². The van der Waals surface area contributed by atoms with Crippen LogP contribution in [0.4, 0.5) is 5.69 Å². The van der Waals surface area contributed by atoms with E-state index in [1.807, 2.05) is 37.2 Å². The molecule has 10 heteroatoms. The maximum absolute atomic E-state index is 13.6. The van der Waals surface area contributed by atoms with Crippen LogP contribution in [0.1, 0.15) is 15.9 Å². The first-order chi connectivity index (χ1) is 18.7. The average Bonchev–Trinajstić information content (AvgIpc) is 3.29. The molecule has 0 saturated carbocycles. The van der Waals surface area contributed by atoms with Crippen LogP contribution in [0.15, 0.2) is 72.9 Å². The molecule has 5 atom stereocenters. The molecule has 5 rings (SSSR count). The number of carbonyl (C=O) groups excluding carboxylic acids is 1. The lowest BCUT2D eigenvalue weighted by atomic mass is 9.99. The molecule has 1 aliphatic heterocycles. The molecule has 0 spiro atoms. The number of benzene rings is 3. The van der Waals surface area contributed by atoms with Gasteiger partial charge in [0.15, 0.2) is 5.78 Å². The van der Waals surface area contributed by atoms with Crippen molar-refractivity contribution in [3.63, 3.8) is 0 Å². The highest BCUT2D eigenvalue weighted by molar-refractivity contribution is 6.31. The standard InChI is InChI=1S/C29H29ClN2O7/c1-31(2)18-10-7-16(8-11-18)25(34)20-5-3-4-6-21(20)32-14-23(19-12-9-17(30)13-22(19)32)38-29-28(37)27(36)26(35)24(15-33)39-29/h3-14,24,26-29,33,35-37H,15H2,1-2H3/t24-,26-,27+,28-,29-/m1/s1. The maximum atomic E-state index is 13.6. The molecule has 1 aliphatic rings. The van der Waals surface area contributed by atoms with E-state index in [4.69, 9.17) is 21.1 Å². The van der Waals surface area contributed by atoms with Crippen LogP contribution in [0.25, 0.3) is 16.6 Å². The van der Waals surface area contributed by atoms with Crippen LogP contribution in [-0.4, -0.2) is 82.2 Å². The van der Waals surface area contributed by atoms with Crippen molar-refractivity contribution in [1.29, 1.82) is 0 Å². The van der Waals surface area contributed by atoms with Crippen molar-refractivity contribution in [2.75, 3.05) is 25.6 Å². The molecule has 4 aromatic rings. The van der Waals surface area contributed by atoms with Crippen molar-refractivity contribution < 1.29 is 34.7 Å². The van der Waals surface area contributed by atoms with Gasteiger partial charge in [-0.2, -0.15) is 0 Å². The van der Waals surface area contributed by atoms with Gasteiger partial charge in [0.2, 0.25) is 6.29 Å². The molecule has 0 aliphatic carbocycles. The van der Waals surface area contributed by atoms with Gasteiger partial charge in [0.25, 0.3) is 0 Å². The van der Waals surface area contributed by atoms with Gasteiger partial charge in [-0.3, -0.25) is 4.79 Å². The molecule has 4 N–H and O–H groups in total. The van der Waals surface area contributed by atoms with Gasteiger partial charge in [0.1, 0.15) is 30.2 Å². The van der Waals surface area contributed by atoms with Crippen molar-refractivity contribution in [2.24, 2.45) is 0 Å². The summed E-state index contributed by atoms with van der Waals surface area (Å²) in [6, 6.07) is 19.6. The van der Waals surface area contributed by atoms with Crippen molar-refractivity contribution in [2.45, 2.75) is 30.7 Å². The molecule has 0 unspecified atom stereocenters. The summed E-state index contributed by atoms with van der Waals surface area (Å²) in [5.41, 5.74) is 3.16. The highest BCUT2D eigenvalue weighted by atomic mass is 35.5. The number of fused-ring (bicyclic) bond motifs is 1. The van der Waals surface area contributed by atoms with Gasteiger partial charge in [-0.25, -0.2) is 0 Å². The van der Waals surface area contributed by atoms with Crippen molar-refractivity contribution in [1.82, 2.24) is 4.57 Å². The second kappa shape index (κ2) is 11.0. The van der Waals surface area contributed by atoms with Gasteiger partial charge in [-0.05, 0) is 54.6 Å². The summed E-state index contributed by atoms with van der Waals surface area (Å²) in [6.45, 7) is -0.576. The highest BCUT2D eigenvalue weighted by Crippen LogP contribution is 2.36. The summed E-state index contributed by atoms with van der Waals surface area (Å²) in [6.07, 6.45) is -5.51. The van der Waals surface area contributed by atoms with Gasteiger partial charge in [-0.15, -0.1) is 0 Å². The van der Waals surface area contributed by atoms with Crippen molar-refractivity contribution >= 4 is 34.0 Å². The predicted molar refractivity (Wildman–Crippen MR) is 147 cm³/mol. The third-order valence-electron chi connectivity index (χ3n) is 6.88. The number of aliphatic hydroxyl groups excluding tert-OH is 4. The minimum Gasteiger partial charge on any atom is -0.460 e. The quantitative estimate of drug-likeness (QED) is 0.258. The lowest BCUT2D eigenvalue weighted by molar-refractivity contribution is -0.277. The number of rotatable bonds is 7. The summed E-state index contributed by atoms with van der Waals surface area (Å²) < 4.78 is 13.3. The number of anilines is 1. The van der Waals surface area contributed by atoms with Crippen LogP contribution in [0.3, 0.4) is 0 Å². The number of aliphatic hydroxyl groups is 4. The van der Waals surface area contributed by atoms with Crippen LogP contribution in [0.2, 0.25) is 5.02 Å². The molecule has 0 amide bonds.